The molecular formula is C11H20N2O5S. The summed E-state index contributed by atoms with van der Waals surface area (Å²) >= 11 is 0. The van der Waals surface area contributed by atoms with Crippen molar-refractivity contribution in [1.82, 2.24) is 9.62 Å². The van der Waals surface area contributed by atoms with Crippen LogP contribution in [0.15, 0.2) is 0 Å². The van der Waals surface area contributed by atoms with Crippen molar-refractivity contribution in [3.8, 4) is 0 Å². The number of aliphatic hydroxyl groups excluding tert-OH is 1. The molecule has 2 fully saturated rings. The van der Waals surface area contributed by atoms with Gasteiger partial charge in [0.2, 0.25) is 15.9 Å². The third kappa shape index (κ3) is 4.13. The zero-order valence-electron chi connectivity index (χ0n) is 10.7. The fourth-order valence-corrected chi connectivity index (χ4v) is 3.59. The Morgan fingerprint density at radius 2 is 1.95 bits per heavy atom. The first-order chi connectivity index (χ1) is 8.97. The Balaban J connectivity index is 1.72. The van der Waals surface area contributed by atoms with Gasteiger partial charge in [0, 0.05) is 25.6 Å². The molecule has 1 amide bonds. The second kappa shape index (κ2) is 6.17. The van der Waals surface area contributed by atoms with Gasteiger partial charge in [-0.3, -0.25) is 4.79 Å². The van der Waals surface area contributed by atoms with Gasteiger partial charge in [0.1, 0.15) is 0 Å². The Bertz CT molecular complexity index is 413. The molecule has 110 valence electrons. The van der Waals surface area contributed by atoms with Crippen LogP contribution in [0.25, 0.3) is 0 Å². The number of nitrogens with zero attached hydrogens (tertiary/aromatic N) is 1. The van der Waals surface area contributed by atoms with Gasteiger partial charge in [0.25, 0.3) is 0 Å². The lowest BCUT2D eigenvalue weighted by atomic mass is 9.89. The minimum atomic E-state index is -3.37. The minimum absolute atomic E-state index is 0.00593. The van der Waals surface area contributed by atoms with E-state index in [9.17, 15) is 13.2 Å². The number of morpholine rings is 1. The molecule has 2 aliphatic rings. The summed E-state index contributed by atoms with van der Waals surface area (Å²) in [6.07, 6.45) is 0.748. The summed E-state index contributed by atoms with van der Waals surface area (Å²) in [7, 11) is -3.37. The van der Waals surface area contributed by atoms with Crippen molar-refractivity contribution < 1.29 is 23.1 Å². The standard InChI is InChI=1S/C11H20N2O5S/c14-10-7-9(8-10)12-11(15)1-6-19(16,17)13-2-4-18-5-3-13/h9-10,14H,1-8H2,(H,12,15). The van der Waals surface area contributed by atoms with E-state index in [2.05, 4.69) is 5.32 Å². The van der Waals surface area contributed by atoms with E-state index in [1.807, 2.05) is 0 Å². The first-order valence-corrected chi connectivity index (χ1v) is 8.11. The van der Waals surface area contributed by atoms with Crippen molar-refractivity contribution in [2.45, 2.75) is 31.4 Å². The molecule has 0 radical (unpaired) electrons. The molecule has 0 aromatic rings. The van der Waals surface area contributed by atoms with Crippen LogP contribution in [0, 0.1) is 0 Å². The maximum absolute atomic E-state index is 12.0. The van der Waals surface area contributed by atoms with Gasteiger partial charge in [-0.15, -0.1) is 0 Å². The fraction of sp³-hybridized carbons (Fsp3) is 0.909. The van der Waals surface area contributed by atoms with E-state index in [4.69, 9.17) is 9.84 Å². The van der Waals surface area contributed by atoms with E-state index in [1.54, 1.807) is 0 Å². The van der Waals surface area contributed by atoms with Crippen molar-refractivity contribution in [3.63, 3.8) is 0 Å². The summed E-state index contributed by atoms with van der Waals surface area (Å²) in [4.78, 5) is 11.6. The molecule has 8 heteroatoms. The first kappa shape index (κ1) is 14.7. The van der Waals surface area contributed by atoms with Gasteiger partial charge < -0.3 is 15.2 Å². The predicted molar refractivity (Wildman–Crippen MR) is 68.0 cm³/mol. The van der Waals surface area contributed by atoms with Gasteiger partial charge in [0.05, 0.1) is 25.1 Å². The summed E-state index contributed by atoms with van der Waals surface area (Å²) in [6, 6.07) is -0.00593. The SMILES string of the molecule is O=C(CCS(=O)(=O)N1CCOCC1)NC1CC(O)C1. The van der Waals surface area contributed by atoms with Crippen LogP contribution in [0.5, 0.6) is 0 Å². The van der Waals surface area contributed by atoms with Crippen molar-refractivity contribution in [2.24, 2.45) is 0 Å². The van der Waals surface area contributed by atoms with Gasteiger partial charge in [-0.05, 0) is 12.8 Å². The molecule has 0 aromatic carbocycles. The van der Waals surface area contributed by atoms with Crippen LogP contribution in [0.1, 0.15) is 19.3 Å². The summed E-state index contributed by atoms with van der Waals surface area (Å²) in [6.45, 7) is 1.54. The van der Waals surface area contributed by atoms with E-state index < -0.39 is 10.0 Å². The number of sulfonamides is 1. The lowest BCUT2D eigenvalue weighted by Gasteiger charge is -2.32. The molecule has 1 saturated carbocycles. The van der Waals surface area contributed by atoms with Crippen LogP contribution in [0.2, 0.25) is 0 Å². The Kier molecular flexibility index (Phi) is 4.77. The van der Waals surface area contributed by atoms with Crippen molar-refractivity contribution >= 4 is 15.9 Å². The van der Waals surface area contributed by atoms with Gasteiger partial charge >= 0.3 is 0 Å². The number of aliphatic hydroxyl groups is 1. The smallest absolute Gasteiger partial charge is 0.221 e. The van der Waals surface area contributed by atoms with Crippen LogP contribution in [-0.2, 0) is 19.6 Å². The quantitative estimate of drug-likeness (QED) is 0.655. The normalized spacial score (nSPS) is 28.7. The molecule has 0 atom stereocenters. The minimum Gasteiger partial charge on any atom is -0.393 e. The van der Waals surface area contributed by atoms with Crippen LogP contribution < -0.4 is 5.32 Å². The highest BCUT2D eigenvalue weighted by Crippen LogP contribution is 2.19. The number of hydrogen-bond donors (Lipinski definition) is 2. The second-order valence-corrected chi connectivity index (χ2v) is 7.06. The van der Waals surface area contributed by atoms with E-state index in [1.165, 1.54) is 4.31 Å². The third-order valence-electron chi connectivity index (χ3n) is 3.43. The maximum Gasteiger partial charge on any atom is 0.221 e. The molecule has 0 unspecified atom stereocenters. The van der Waals surface area contributed by atoms with E-state index in [0.717, 1.165) is 0 Å². The van der Waals surface area contributed by atoms with Crippen LogP contribution >= 0.6 is 0 Å². The van der Waals surface area contributed by atoms with E-state index in [0.29, 0.717) is 39.1 Å². The zero-order valence-corrected chi connectivity index (χ0v) is 11.6. The summed E-state index contributed by atoms with van der Waals surface area (Å²) in [5, 5.41) is 11.8. The second-order valence-electron chi connectivity index (χ2n) is 4.97. The fourth-order valence-electron chi connectivity index (χ4n) is 2.18. The summed E-state index contributed by atoms with van der Waals surface area (Å²) in [5.74, 6) is -0.442. The van der Waals surface area contributed by atoms with Gasteiger partial charge in [0.15, 0.2) is 0 Å². The summed E-state index contributed by atoms with van der Waals surface area (Å²) < 4.78 is 30.4. The van der Waals surface area contributed by atoms with Crippen LogP contribution in [0.4, 0.5) is 0 Å². The van der Waals surface area contributed by atoms with Crippen molar-refractivity contribution in [2.75, 3.05) is 32.1 Å². The maximum atomic E-state index is 12.0. The zero-order chi connectivity index (χ0) is 13.9. The van der Waals surface area contributed by atoms with E-state index in [-0.39, 0.29) is 30.2 Å². The summed E-state index contributed by atoms with van der Waals surface area (Å²) in [5.41, 5.74) is 0. The molecule has 0 aromatic heterocycles. The molecule has 1 aliphatic carbocycles. The molecule has 1 saturated heterocycles. The lowest BCUT2D eigenvalue weighted by molar-refractivity contribution is -0.122. The molecule has 0 spiro atoms. The highest BCUT2D eigenvalue weighted by molar-refractivity contribution is 7.89. The monoisotopic (exact) mass is 292 g/mol. The number of hydrogen-bond acceptors (Lipinski definition) is 5. The Hall–Kier alpha value is -0.700. The number of carbonyl (C=O) groups is 1. The highest BCUT2D eigenvalue weighted by atomic mass is 32.2. The lowest BCUT2D eigenvalue weighted by Crippen LogP contribution is -2.47. The number of nitrogens with one attached hydrogen (secondary N) is 1. The van der Waals surface area contributed by atoms with Gasteiger partial charge in [-0.25, -0.2) is 8.42 Å². The average Bonchev–Trinajstić information content (AvgIpc) is 2.36. The molecule has 1 heterocycles. The Labute approximate surface area is 113 Å². The molecule has 7 nitrogen and oxygen atoms in total. The van der Waals surface area contributed by atoms with Crippen molar-refractivity contribution in [1.29, 1.82) is 0 Å². The molecule has 2 rings (SSSR count). The number of carbonyl (C=O) groups excluding carboxylic acids is 1. The molecule has 1 aliphatic heterocycles. The predicted octanol–water partition coefficient (Wildman–Crippen LogP) is -1.32. The largest absolute Gasteiger partial charge is 0.393 e. The molecular weight excluding hydrogens is 272 g/mol. The van der Waals surface area contributed by atoms with Crippen LogP contribution in [-0.4, -0.2) is 67.9 Å². The topological polar surface area (TPSA) is 95.9 Å². The van der Waals surface area contributed by atoms with Crippen molar-refractivity contribution in [3.05, 3.63) is 0 Å². The number of amides is 1. The Morgan fingerprint density at radius 1 is 1.32 bits per heavy atom. The Morgan fingerprint density at radius 3 is 2.53 bits per heavy atom. The molecule has 19 heavy (non-hydrogen) atoms. The third-order valence-corrected chi connectivity index (χ3v) is 5.30. The number of rotatable bonds is 5. The van der Waals surface area contributed by atoms with Gasteiger partial charge in [-0.2, -0.15) is 4.31 Å². The highest BCUT2D eigenvalue weighted by Gasteiger charge is 2.29. The average molecular weight is 292 g/mol. The molecule has 2 N–H and O–H groups in total. The van der Waals surface area contributed by atoms with Gasteiger partial charge in [-0.1, -0.05) is 0 Å². The molecule has 0 bridgehead atoms. The number of ether oxygens (including phenoxy) is 1. The van der Waals surface area contributed by atoms with Crippen LogP contribution in [0.3, 0.4) is 0 Å². The first-order valence-electron chi connectivity index (χ1n) is 6.50. The van der Waals surface area contributed by atoms with E-state index >= 15 is 0 Å².